The molecule has 1 heterocycles. The van der Waals surface area contributed by atoms with Gasteiger partial charge in [-0.25, -0.2) is 18.1 Å². The first-order valence-corrected chi connectivity index (χ1v) is 7.85. The molecule has 0 aromatic carbocycles. The largest absolute Gasteiger partial charge is 0.481 e. The zero-order chi connectivity index (χ0) is 19.1. The summed E-state index contributed by atoms with van der Waals surface area (Å²) in [7, 11) is 1.57. The first kappa shape index (κ1) is 20.1. The molecular weight excluding hydrogens is 314 g/mol. The average Bonchev–Trinajstić information content (AvgIpc) is 2.62. The molecule has 0 unspecified atom stereocenters. The van der Waals surface area contributed by atoms with E-state index in [1.807, 2.05) is 45.9 Å². The van der Waals surface area contributed by atoms with Crippen molar-refractivity contribution in [3.05, 3.63) is 70.5 Å². The number of nitrogens with zero attached hydrogens (tertiary/aromatic N) is 3. The molecule has 5 nitrogen and oxygen atoms in total. The van der Waals surface area contributed by atoms with Crippen LogP contribution in [0.15, 0.2) is 42.0 Å². The van der Waals surface area contributed by atoms with Crippen LogP contribution in [0.25, 0.3) is 9.69 Å². The molecule has 0 amide bonds. The summed E-state index contributed by atoms with van der Waals surface area (Å²) in [6.45, 7) is 21.3. The summed E-state index contributed by atoms with van der Waals surface area (Å²) < 4.78 is 4.98. The minimum absolute atomic E-state index is 0.0872. The number of rotatable bonds is 3. The van der Waals surface area contributed by atoms with Crippen LogP contribution in [-0.2, 0) is 10.3 Å². The number of hydrogen-bond donors (Lipinski definition) is 0. The lowest BCUT2D eigenvalue weighted by Gasteiger charge is -2.15. The van der Waals surface area contributed by atoms with E-state index in [9.17, 15) is 4.79 Å². The maximum absolute atomic E-state index is 11.0. The Bertz CT molecular complexity index is 775. The maximum atomic E-state index is 11.0. The van der Waals surface area contributed by atoms with E-state index in [1.165, 1.54) is 0 Å². The van der Waals surface area contributed by atoms with Crippen LogP contribution in [0.3, 0.4) is 0 Å². The molecule has 0 saturated carbocycles. The third-order valence-corrected chi connectivity index (χ3v) is 3.85. The van der Waals surface area contributed by atoms with Gasteiger partial charge in [0.2, 0.25) is 11.4 Å². The van der Waals surface area contributed by atoms with Crippen molar-refractivity contribution in [1.29, 1.82) is 0 Å². The van der Waals surface area contributed by atoms with Crippen LogP contribution >= 0.6 is 0 Å². The average molecular weight is 337 g/mol. The minimum Gasteiger partial charge on any atom is -0.481 e. The highest BCUT2D eigenvalue weighted by Crippen LogP contribution is 2.26. The van der Waals surface area contributed by atoms with Crippen LogP contribution in [-0.4, -0.2) is 23.4 Å². The van der Waals surface area contributed by atoms with Crippen LogP contribution in [0.4, 0.5) is 0 Å². The Morgan fingerprint density at radius 2 is 1.76 bits per heavy atom. The molecule has 130 valence electrons. The van der Waals surface area contributed by atoms with Crippen LogP contribution in [0.5, 0.6) is 5.88 Å². The van der Waals surface area contributed by atoms with Crippen LogP contribution in [0.2, 0.25) is 0 Å². The van der Waals surface area contributed by atoms with Gasteiger partial charge in [0.25, 0.3) is 5.54 Å². The Hall–Kier alpha value is -2.92. The van der Waals surface area contributed by atoms with E-state index in [0.717, 1.165) is 11.3 Å². The molecule has 0 spiro atoms. The first-order chi connectivity index (χ1) is 11.7. The molecule has 1 aromatic rings. The Balaban J connectivity index is 0.000000251. The zero-order valence-electron chi connectivity index (χ0n) is 15.3. The Morgan fingerprint density at radius 1 is 1.12 bits per heavy atom. The van der Waals surface area contributed by atoms with Crippen molar-refractivity contribution in [3.8, 4) is 5.88 Å². The van der Waals surface area contributed by atoms with Gasteiger partial charge in [-0.2, -0.15) is 0 Å². The molecule has 2 rings (SSSR count). The van der Waals surface area contributed by atoms with E-state index in [1.54, 1.807) is 25.3 Å². The van der Waals surface area contributed by atoms with E-state index in [2.05, 4.69) is 14.7 Å². The van der Waals surface area contributed by atoms with E-state index < -0.39 is 11.1 Å². The van der Waals surface area contributed by atoms with Gasteiger partial charge in [-0.15, -0.1) is 0 Å². The molecule has 0 bridgehead atoms. The molecule has 1 aliphatic carbocycles. The van der Waals surface area contributed by atoms with E-state index >= 15 is 0 Å². The number of aromatic nitrogens is 1. The van der Waals surface area contributed by atoms with Crippen LogP contribution < -0.4 is 4.74 Å². The van der Waals surface area contributed by atoms with Crippen LogP contribution in [0, 0.1) is 13.1 Å². The molecule has 0 N–H and O–H groups in total. The standard InChI is InChI=1S/C10H12N2O.C10H11NO/c1-10(2,11-3)8-6-5-7-9(12-8)13-4;1-10(2,11-3)8-5-4-6-9(12)7-8/h5-7H,1-2,4H3;4-6H,7H2,1-2H3. The smallest absolute Gasteiger partial charge is 0.268 e. The van der Waals surface area contributed by atoms with Gasteiger partial charge >= 0.3 is 0 Å². The number of carbonyl (C=O) groups excluding carboxylic acids is 1. The summed E-state index contributed by atoms with van der Waals surface area (Å²) in [5.74, 6) is 0.637. The van der Waals surface area contributed by atoms with Gasteiger partial charge in [0.15, 0.2) is 5.78 Å². The second-order valence-corrected chi connectivity index (χ2v) is 6.60. The predicted octanol–water partition coefficient (Wildman–Crippen LogP) is 4.38. The van der Waals surface area contributed by atoms with Crippen LogP contribution in [0.1, 0.15) is 39.8 Å². The zero-order valence-corrected chi connectivity index (χ0v) is 15.3. The lowest BCUT2D eigenvalue weighted by atomic mass is 9.88. The fraction of sp³-hybridized carbons (Fsp3) is 0.400. The number of allylic oxidation sites excluding steroid dienone is 3. The summed E-state index contributed by atoms with van der Waals surface area (Å²) in [4.78, 5) is 22.2. The molecule has 0 aliphatic heterocycles. The first-order valence-electron chi connectivity index (χ1n) is 7.85. The van der Waals surface area contributed by atoms with Crippen molar-refractivity contribution in [1.82, 2.24) is 4.98 Å². The van der Waals surface area contributed by atoms with Crippen molar-refractivity contribution in [3.63, 3.8) is 0 Å². The lowest BCUT2D eigenvalue weighted by Crippen LogP contribution is -2.20. The van der Waals surface area contributed by atoms with Gasteiger partial charge in [0.05, 0.1) is 7.11 Å². The number of hydrogen-bond acceptors (Lipinski definition) is 3. The molecule has 1 aliphatic rings. The van der Waals surface area contributed by atoms with Gasteiger partial charge in [-0.3, -0.25) is 4.79 Å². The quantitative estimate of drug-likeness (QED) is 0.769. The predicted molar refractivity (Wildman–Crippen MR) is 97.9 cm³/mol. The van der Waals surface area contributed by atoms with Crippen molar-refractivity contribution < 1.29 is 9.53 Å². The van der Waals surface area contributed by atoms with Gasteiger partial charge in [0, 0.05) is 45.8 Å². The van der Waals surface area contributed by atoms with E-state index in [-0.39, 0.29) is 5.78 Å². The summed E-state index contributed by atoms with van der Waals surface area (Å²) in [6, 6.07) is 5.44. The normalized spacial score (nSPS) is 13.7. The fourth-order valence-electron chi connectivity index (χ4n) is 2.00. The monoisotopic (exact) mass is 337 g/mol. The molecule has 0 fully saturated rings. The number of ether oxygens (including phenoxy) is 1. The van der Waals surface area contributed by atoms with Crippen molar-refractivity contribution in [2.24, 2.45) is 0 Å². The highest BCUT2D eigenvalue weighted by Gasteiger charge is 2.30. The van der Waals surface area contributed by atoms with Gasteiger partial charge in [-0.05, 0) is 12.1 Å². The van der Waals surface area contributed by atoms with Crippen molar-refractivity contribution in [2.45, 2.75) is 45.2 Å². The minimum atomic E-state index is -0.575. The summed E-state index contributed by atoms with van der Waals surface area (Å²) >= 11 is 0. The maximum Gasteiger partial charge on any atom is 0.268 e. The molecule has 0 saturated heterocycles. The molecule has 0 atom stereocenters. The number of methoxy groups -OCH3 is 1. The third-order valence-electron chi connectivity index (χ3n) is 3.85. The van der Waals surface area contributed by atoms with Gasteiger partial charge in [-0.1, -0.05) is 18.2 Å². The summed E-state index contributed by atoms with van der Waals surface area (Å²) in [6.07, 6.45) is 5.52. The highest BCUT2D eigenvalue weighted by atomic mass is 16.5. The number of carbonyl (C=O) groups is 1. The Kier molecular flexibility index (Phi) is 6.65. The number of pyridine rings is 1. The third kappa shape index (κ3) is 5.58. The lowest BCUT2D eigenvalue weighted by molar-refractivity contribution is -0.114. The number of ketones is 1. The van der Waals surface area contributed by atoms with E-state index in [4.69, 9.17) is 17.9 Å². The topological polar surface area (TPSA) is 47.9 Å². The SMILES string of the molecule is [C-]#[N+]C(C)(C)C1=CC=CC(=O)C1.[C-]#[N+]C(C)(C)c1cccc(OC)n1. The Morgan fingerprint density at radius 3 is 2.28 bits per heavy atom. The second kappa shape index (κ2) is 8.26. The Labute approximate surface area is 149 Å². The molecule has 25 heavy (non-hydrogen) atoms. The fourth-order valence-corrected chi connectivity index (χ4v) is 2.00. The molecule has 5 heteroatoms. The molecular formula is C20H23N3O2. The summed E-state index contributed by atoms with van der Waals surface area (Å²) in [5, 5.41) is 0. The van der Waals surface area contributed by atoms with Gasteiger partial charge < -0.3 is 14.4 Å². The molecule has 0 radical (unpaired) electrons. The summed E-state index contributed by atoms with van der Waals surface area (Å²) in [5.41, 5.74) is 0.543. The van der Waals surface area contributed by atoms with Crippen molar-refractivity contribution in [2.75, 3.05) is 7.11 Å². The van der Waals surface area contributed by atoms with E-state index in [0.29, 0.717) is 12.3 Å². The van der Waals surface area contributed by atoms with Crippen molar-refractivity contribution >= 4 is 5.78 Å². The highest BCUT2D eigenvalue weighted by molar-refractivity contribution is 5.93. The van der Waals surface area contributed by atoms with Gasteiger partial charge in [0.1, 0.15) is 5.69 Å². The second-order valence-electron chi connectivity index (χ2n) is 6.60. The molecule has 1 aromatic heterocycles.